The first-order chi connectivity index (χ1) is 36.6. The van der Waals surface area contributed by atoms with E-state index in [9.17, 15) is 0 Å². The van der Waals surface area contributed by atoms with Gasteiger partial charge >= 0.3 is 0 Å². The van der Waals surface area contributed by atoms with Crippen LogP contribution >= 0.6 is 0 Å². The number of rotatable bonds is 11. The lowest BCUT2D eigenvalue weighted by Gasteiger charge is -2.34. The molecule has 1 aliphatic rings. The van der Waals surface area contributed by atoms with E-state index in [0.717, 1.165) is 56.5 Å². The van der Waals surface area contributed by atoms with E-state index in [2.05, 4.69) is 270 Å². The summed E-state index contributed by atoms with van der Waals surface area (Å²) in [7, 11) is 0. The molecule has 0 saturated heterocycles. The standard InChI is InChI=1S/C70H51N3O/c1-3-20-48(21-4-2)68-71-72-69(74-68)49-36-34-47(35-37-49)56-28-14-16-30-58(56)59-31-17-15-29-57(59)52-40-43-67-63(45-52)62-44-50(39-42-66(62)73(67)55-26-12-7-13-27-55)51-38-41-61-60-32-18-19-33-64(60)70(65(61)46-51,53-22-8-5-9-23-53)54-24-10-6-11-25-54/h3,5-46H,4H2,1-2H3. The summed E-state index contributed by atoms with van der Waals surface area (Å²) in [5.41, 5.74) is 21.7. The van der Waals surface area contributed by atoms with Gasteiger partial charge in [-0.05, 0) is 146 Å². The van der Waals surface area contributed by atoms with Crippen LogP contribution in [0.3, 0.4) is 0 Å². The van der Waals surface area contributed by atoms with E-state index in [4.69, 9.17) is 4.42 Å². The Labute approximate surface area is 431 Å². The van der Waals surface area contributed by atoms with Gasteiger partial charge in [-0.15, -0.1) is 10.2 Å². The highest BCUT2D eigenvalue weighted by Crippen LogP contribution is 2.57. The summed E-state index contributed by atoms with van der Waals surface area (Å²) in [4.78, 5) is 0. The van der Waals surface area contributed by atoms with Crippen molar-refractivity contribution in [3.63, 3.8) is 0 Å². The molecule has 0 amide bonds. The molecule has 0 N–H and O–H groups in total. The topological polar surface area (TPSA) is 43.9 Å². The van der Waals surface area contributed by atoms with Crippen LogP contribution in [-0.4, -0.2) is 14.8 Å². The molecule has 0 atom stereocenters. The van der Waals surface area contributed by atoms with Crippen LogP contribution in [0.5, 0.6) is 0 Å². The van der Waals surface area contributed by atoms with Gasteiger partial charge in [-0.2, -0.15) is 0 Å². The summed E-state index contributed by atoms with van der Waals surface area (Å²) in [6.07, 6.45) is 6.97. The third kappa shape index (κ3) is 7.37. The molecule has 0 fully saturated rings. The van der Waals surface area contributed by atoms with E-state index in [1.165, 1.54) is 66.4 Å². The van der Waals surface area contributed by atoms with Gasteiger partial charge in [0.25, 0.3) is 0 Å². The third-order valence-corrected chi connectivity index (χ3v) is 14.9. The zero-order valence-electron chi connectivity index (χ0n) is 41.3. The fraction of sp³-hybridized carbons (Fsp3) is 0.0571. The molecule has 0 spiro atoms. The molecular formula is C70H51N3O. The Kier molecular flexibility index (Phi) is 11.2. The van der Waals surface area contributed by atoms with Crippen molar-refractivity contribution in [3.05, 3.63) is 289 Å². The van der Waals surface area contributed by atoms with E-state index < -0.39 is 5.41 Å². The van der Waals surface area contributed by atoms with Crippen LogP contribution < -0.4 is 0 Å². The summed E-state index contributed by atoms with van der Waals surface area (Å²) < 4.78 is 8.59. The summed E-state index contributed by atoms with van der Waals surface area (Å²) in [5.74, 6) is 1.02. The van der Waals surface area contributed by atoms with Crippen LogP contribution in [0, 0.1) is 0 Å². The van der Waals surface area contributed by atoms with Gasteiger partial charge in [0, 0.05) is 27.6 Å². The normalized spacial score (nSPS) is 12.9. The molecule has 13 rings (SSSR count). The van der Waals surface area contributed by atoms with E-state index in [-0.39, 0.29) is 0 Å². The quantitative estimate of drug-likeness (QED) is 0.121. The van der Waals surface area contributed by atoms with Crippen molar-refractivity contribution in [2.45, 2.75) is 25.7 Å². The number of para-hydroxylation sites is 1. The van der Waals surface area contributed by atoms with Crippen molar-refractivity contribution < 1.29 is 4.42 Å². The van der Waals surface area contributed by atoms with E-state index in [1.54, 1.807) is 0 Å². The second-order valence-electron chi connectivity index (χ2n) is 19.1. The molecule has 352 valence electrons. The molecular weight excluding hydrogens is 899 g/mol. The summed E-state index contributed by atoms with van der Waals surface area (Å²) in [6, 6.07) is 89.0. The highest BCUT2D eigenvalue weighted by molar-refractivity contribution is 6.12. The van der Waals surface area contributed by atoms with Crippen molar-refractivity contribution >= 4 is 27.4 Å². The minimum Gasteiger partial charge on any atom is -0.416 e. The first-order valence-corrected chi connectivity index (χ1v) is 25.6. The van der Waals surface area contributed by atoms with E-state index in [0.29, 0.717) is 11.8 Å². The van der Waals surface area contributed by atoms with Gasteiger partial charge in [0.15, 0.2) is 0 Å². The average Bonchev–Trinajstić information content (AvgIpc) is 4.18. The van der Waals surface area contributed by atoms with E-state index >= 15 is 0 Å². The second kappa shape index (κ2) is 18.7. The molecule has 2 heterocycles. The number of allylic oxidation sites excluding steroid dienone is 4. The van der Waals surface area contributed by atoms with Crippen LogP contribution in [0.1, 0.15) is 48.4 Å². The number of nitrogens with zero attached hydrogens (tertiary/aromatic N) is 3. The Balaban J connectivity index is 0.932. The molecule has 10 aromatic carbocycles. The second-order valence-corrected chi connectivity index (χ2v) is 19.1. The first-order valence-electron chi connectivity index (χ1n) is 25.6. The Hall–Kier alpha value is -9.38. The zero-order valence-corrected chi connectivity index (χ0v) is 41.3. The fourth-order valence-corrected chi connectivity index (χ4v) is 11.7. The largest absolute Gasteiger partial charge is 0.416 e. The fourth-order valence-electron chi connectivity index (χ4n) is 11.7. The van der Waals surface area contributed by atoms with Crippen molar-refractivity contribution in [1.82, 2.24) is 14.8 Å². The highest BCUT2D eigenvalue weighted by Gasteiger charge is 2.46. The summed E-state index contributed by atoms with van der Waals surface area (Å²) >= 11 is 0. The summed E-state index contributed by atoms with van der Waals surface area (Å²) in [5, 5.41) is 11.2. The maximum Gasteiger partial charge on any atom is 0.248 e. The lowest BCUT2D eigenvalue weighted by molar-refractivity contribution is 0.554. The van der Waals surface area contributed by atoms with Gasteiger partial charge in [0.2, 0.25) is 11.8 Å². The molecule has 0 radical (unpaired) electrons. The Morgan fingerprint density at radius 1 is 0.446 bits per heavy atom. The SMILES string of the molecule is CC=CC(=CCC)c1nnc(-c2ccc(-c3ccccc3-c3ccccc3-c3ccc4c(c3)c3cc(-c5ccc6c(c5)C(c5ccccc5)(c5ccccc5)c5ccccc5-6)ccc3n4-c3ccccc3)cc2)o1. The van der Waals surface area contributed by atoms with Gasteiger partial charge in [-0.1, -0.05) is 213 Å². The molecule has 0 bridgehead atoms. The van der Waals surface area contributed by atoms with Crippen LogP contribution in [0.15, 0.2) is 265 Å². The minimum absolute atomic E-state index is 0.482. The Bertz CT molecular complexity index is 4060. The first kappa shape index (κ1) is 44.6. The summed E-state index contributed by atoms with van der Waals surface area (Å²) in [6.45, 7) is 4.09. The van der Waals surface area contributed by atoms with Gasteiger partial charge in [-0.25, -0.2) is 0 Å². The van der Waals surface area contributed by atoms with Crippen molar-refractivity contribution in [1.29, 1.82) is 0 Å². The molecule has 2 aromatic heterocycles. The minimum atomic E-state index is -0.482. The number of fused-ring (bicyclic) bond motifs is 6. The smallest absolute Gasteiger partial charge is 0.248 e. The number of hydrogen-bond donors (Lipinski definition) is 0. The number of benzene rings is 10. The van der Waals surface area contributed by atoms with Gasteiger partial charge in [0.05, 0.1) is 16.4 Å². The lowest BCUT2D eigenvalue weighted by atomic mass is 9.67. The Morgan fingerprint density at radius 3 is 1.57 bits per heavy atom. The molecule has 0 aliphatic heterocycles. The van der Waals surface area contributed by atoms with Gasteiger partial charge < -0.3 is 8.98 Å². The molecule has 0 saturated carbocycles. The van der Waals surface area contributed by atoms with Crippen molar-refractivity contribution in [3.8, 4) is 72.8 Å². The average molecular weight is 950 g/mol. The van der Waals surface area contributed by atoms with Crippen molar-refractivity contribution in [2.75, 3.05) is 0 Å². The molecule has 4 heteroatoms. The zero-order chi connectivity index (χ0) is 49.6. The molecule has 4 nitrogen and oxygen atoms in total. The number of hydrogen-bond acceptors (Lipinski definition) is 3. The molecule has 12 aromatic rings. The molecule has 1 aliphatic carbocycles. The third-order valence-electron chi connectivity index (χ3n) is 14.9. The lowest BCUT2D eigenvalue weighted by Crippen LogP contribution is -2.28. The molecule has 74 heavy (non-hydrogen) atoms. The maximum atomic E-state index is 6.17. The molecule has 0 unspecified atom stereocenters. The van der Waals surface area contributed by atoms with Crippen LogP contribution in [0.2, 0.25) is 0 Å². The Morgan fingerprint density at radius 2 is 0.932 bits per heavy atom. The number of aromatic nitrogens is 3. The monoisotopic (exact) mass is 949 g/mol. The van der Waals surface area contributed by atoms with Crippen LogP contribution in [-0.2, 0) is 5.41 Å². The van der Waals surface area contributed by atoms with Crippen LogP contribution in [0.4, 0.5) is 0 Å². The van der Waals surface area contributed by atoms with Gasteiger partial charge in [-0.3, -0.25) is 0 Å². The maximum absolute atomic E-state index is 6.17. The highest BCUT2D eigenvalue weighted by atomic mass is 16.4. The predicted molar refractivity (Wildman–Crippen MR) is 306 cm³/mol. The predicted octanol–water partition coefficient (Wildman–Crippen LogP) is 18.2. The van der Waals surface area contributed by atoms with Crippen LogP contribution in [0.25, 0.3) is 100 Å². The van der Waals surface area contributed by atoms with Crippen molar-refractivity contribution in [2.24, 2.45) is 0 Å². The van der Waals surface area contributed by atoms with Gasteiger partial charge in [0.1, 0.15) is 0 Å². The van der Waals surface area contributed by atoms with E-state index in [1.807, 2.05) is 19.1 Å².